The number of fused-ring (bicyclic) bond motifs is 3. The Morgan fingerprint density at radius 3 is 2.47 bits per heavy atom. The highest BCUT2D eigenvalue weighted by molar-refractivity contribution is 6.08. The molecule has 4 rings (SSSR count). The van der Waals surface area contributed by atoms with Crippen LogP contribution in [0.4, 0.5) is 10.1 Å². The van der Waals surface area contributed by atoms with Crippen LogP contribution in [-0.4, -0.2) is 25.0 Å². The number of hydrogen-bond donors (Lipinski definition) is 0. The lowest BCUT2D eigenvalue weighted by atomic mass is 10.1. The van der Waals surface area contributed by atoms with Gasteiger partial charge < -0.3 is 14.1 Å². The first-order valence-electron chi connectivity index (χ1n) is 9.63. The number of furan rings is 1. The molecule has 1 aromatic heterocycles. The van der Waals surface area contributed by atoms with E-state index in [2.05, 4.69) is 0 Å². The van der Waals surface area contributed by atoms with Gasteiger partial charge in [-0.15, -0.1) is 0 Å². The Labute approximate surface area is 172 Å². The normalized spacial score (nSPS) is 11.0. The van der Waals surface area contributed by atoms with E-state index in [9.17, 15) is 14.0 Å². The molecular formula is C24H20FNO4. The Balaban J connectivity index is 1.54. The van der Waals surface area contributed by atoms with Crippen LogP contribution in [0.25, 0.3) is 21.7 Å². The van der Waals surface area contributed by atoms with Gasteiger partial charge in [0.2, 0.25) is 5.76 Å². The summed E-state index contributed by atoms with van der Waals surface area (Å²) in [7, 11) is 0. The van der Waals surface area contributed by atoms with Crippen molar-refractivity contribution in [3.63, 3.8) is 0 Å². The minimum Gasteiger partial charge on any atom is -0.450 e. The fourth-order valence-corrected chi connectivity index (χ4v) is 3.54. The van der Waals surface area contributed by atoms with E-state index in [1.54, 1.807) is 13.8 Å². The summed E-state index contributed by atoms with van der Waals surface area (Å²) in [5.41, 5.74) is 1.82. The van der Waals surface area contributed by atoms with Gasteiger partial charge in [0.1, 0.15) is 11.4 Å². The van der Waals surface area contributed by atoms with E-state index in [4.69, 9.17) is 9.15 Å². The van der Waals surface area contributed by atoms with Crippen molar-refractivity contribution in [3.8, 4) is 0 Å². The zero-order valence-corrected chi connectivity index (χ0v) is 16.6. The number of rotatable bonds is 5. The molecule has 0 aliphatic rings. The Hall–Kier alpha value is -3.67. The molecule has 0 atom stereocenters. The number of nitrogens with zero attached hydrogens (tertiary/aromatic N) is 1. The van der Waals surface area contributed by atoms with E-state index in [1.807, 2.05) is 36.4 Å². The Kier molecular flexibility index (Phi) is 5.23. The average molecular weight is 405 g/mol. The Morgan fingerprint density at radius 1 is 1.00 bits per heavy atom. The average Bonchev–Trinajstić information content (AvgIpc) is 3.11. The van der Waals surface area contributed by atoms with Crippen molar-refractivity contribution >= 4 is 39.3 Å². The fourth-order valence-electron chi connectivity index (χ4n) is 3.54. The van der Waals surface area contributed by atoms with Crippen LogP contribution >= 0.6 is 0 Å². The Bertz CT molecular complexity index is 1240. The second kappa shape index (κ2) is 7.99. The fraction of sp³-hybridized carbons (Fsp3) is 0.167. The Morgan fingerprint density at radius 2 is 1.73 bits per heavy atom. The third-order valence-electron chi connectivity index (χ3n) is 5.10. The second-order valence-electron chi connectivity index (χ2n) is 6.91. The summed E-state index contributed by atoms with van der Waals surface area (Å²) in [6.07, 6.45) is 0. The summed E-state index contributed by atoms with van der Waals surface area (Å²) in [6, 6.07) is 17.2. The third-order valence-corrected chi connectivity index (χ3v) is 5.10. The van der Waals surface area contributed by atoms with Gasteiger partial charge in [0, 0.05) is 28.6 Å². The summed E-state index contributed by atoms with van der Waals surface area (Å²) < 4.78 is 24.2. The molecule has 0 aliphatic heterocycles. The number of hydrogen-bond acceptors (Lipinski definition) is 4. The SMILES string of the molecule is CCN(C(=O)COC(=O)c1oc2c(ccc3ccccc32)c1C)c1ccc(F)cc1. The highest BCUT2D eigenvalue weighted by Gasteiger charge is 2.22. The molecule has 0 unspecified atom stereocenters. The van der Waals surface area contributed by atoms with E-state index >= 15 is 0 Å². The van der Waals surface area contributed by atoms with E-state index < -0.39 is 18.5 Å². The van der Waals surface area contributed by atoms with Crippen molar-refractivity contribution < 1.29 is 23.1 Å². The first kappa shape index (κ1) is 19.6. The molecule has 0 saturated carbocycles. The lowest BCUT2D eigenvalue weighted by Crippen LogP contribution is -2.34. The van der Waals surface area contributed by atoms with Crippen molar-refractivity contribution in [2.75, 3.05) is 18.1 Å². The molecule has 0 radical (unpaired) electrons. The number of esters is 1. The molecule has 0 fully saturated rings. The molecule has 30 heavy (non-hydrogen) atoms. The molecule has 0 spiro atoms. The molecule has 0 bridgehead atoms. The highest BCUT2D eigenvalue weighted by Crippen LogP contribution is 2.32. The number of carbonyl (C=O) groups is 2. The van der Waals surface area contributed by atoms with Crippen LogP contribution in [0.1, 0.15) is 23.0 Å². The monoisotopic (exact) mass is 405 g/mol. The van der Waals surface area contributed by atoms with Gasteiger partial charge in [-0.1, -0.05) is 36.4 Å². The number of amides is 1. The van der Waals surface area contributed by atoms with Crippen LogP contribution in [0.5, 0.6) is 0 Å². The largest absolute Gasteiger partial charge is 0.450 e. The van der Waals surface area contributed by atoms with Crippen LogP contribution in [0.15, 0.2) is 65.1 Å². The second-order valence-corrected chi connectivity index (χ2v) is 6.91. The number of ether oxygens (including phenoxy) is 1. The lowest BCUT2D eigenvalue weighted by Gasteiger charge is -2.20. The molecule has 4 aromatic rings. The molecule has 3 aromatic carbocycles. The molecular weight excluding hydrogens is 385 g/mol. The van der Waals surface area contributed by atoms with Crippen molar-refractivity contribution in [1.29, 1.82) is 0 Å². The first-order valence-corrected chi connectivity index (χ1v) is 9.63. The van der Waals surface area contributed by atoms with Gasteiger partial charge in [0.25, 0.3) is 5.91 Å². The van der Waals surface area contributed by atoms with E-state index in [-0.39, 0.29) is 11.6 Å². The molecule has 1 amide bonds. The van der Waals surface area contributed by atoms with Crippen LogP contribution in [0, 0.1) is 12.7 Å². The first-order chi connectivity index (χ1) is 14.5. The smallest absolute Gasteiger partial charge is 0.375 e. The molecule has 0 N–H and O–H groups in total. The minimum atomic E-state index is -0.698. The molecule has 152 valence electrons. The standard InChI is InChI=1S/C24H20FNO4/c1-3-26(18-11-9-17(25)10-12-18)21(27)14-29-24(28)22-15(2)19-13-8-16-6-4-5-7-20(16)23(19)30-22/h4-13H,3,14H2,1-2H3. The quantitative estimate of drug-likeness (QED) is 0.426. The summed E-state index contributed by atoms with van der Waals surface area (Å²) in [5.74, 6) is -1.41. The lowest BCUT2D eigenvalue weighted by molar-refractivity contribution is -0.121. The maximum absolute atomic E-state index is 13.1. The number of aryl methyl sites for hydroxylation is 1. The van der Waals surface area contributed by atoms with Gasteiger partial charge in [0.05, 0.1) is 0 Å². The number of halogens is 1. The molecule has 6 heteroatoms. The highest BCUT2D eigenvalue weighted by atomic mass is 19.1. The third kappa shape index (κ3) is 3.52. The van der Waals surface area contributed by atoms with Crippen LogP contribution in [0.2, 0.25) is 0 Å². The predicted molar refractivity (Wildman–Crippen MR) is 113 cm³/mol. The topological polar surface area (TPSA) is 59.8 Å². The van der Waals surface area contributed by atoms with E-state index in [0.717, 1.165) is 16.2 Å². The number of anilines is 1. The summed E-state index contributed by atoms with van der Waals surface area (Å²) in [4.78, 5) is 26.6. The van der Waals surface area contributed by atoms with E-state index in [1.165, 1.54) is 29.2 Å². The predicted octanol–water partition coefficient (Wildman–Crippen LogP) is 5.24. The van der Waals surface area contributed by atoms with Gasteiger partial charge >= 0.3 is 5.97 Å². The van der Waals surface area contributed by atoms with Crippen molar-refractivity contribution in [3.05, 3.63) is 77.8 Å². The van der Waals surface area contributed by atoms with Crippen LogP contribution in [-0.2, 0) is 9.53 Å². The zero-order chi connectivity index (χ0) is 21.3. The number of carbonyl (C=O) groups excluding carboxylic acids is 2. The number of benzene rings is 3. The van der Waals surface area contributed by atoms with Gasteiger partial charge in [-0.05, 0) is 43.5 Å². The van der Waals surface area contributed by atoms with Gasteiger partial charge in [0.15, 0.2) is 6.61 Å². The van der Waals surface area contributed by atoms with Gasteiger partial charge in [-0.3, -0.25) is 4.79 Å². The van der Waals surface area contributed by atoms with Gasteiger partial charge in [-0.25, -0.2) is 9.18 Å². The van der Waals surface area contributed by atoms with E-state index in [0.29, 0.717) is 23.4 Å². The van der Waals surface area contributed by atoms with Crippen molar-refractivity contribution in [1.82, 2.24) is 0 Å². The maximum atomic E-state index is 13.1. The minimum absolute atomic E-state index is 0.0824. The molecule has 0 aliphatic carbocycles. The molecule has 1 heterocycles. The van der Waals surface area contributed by atoms with Crippen LogP contribution < -0.4 is 4.90 Å². The number of likely N-dealkylation sites (N-methyl/N-ethyl adjacent to an activating group) is 1. The van der Waals surface area contributed by atoms with Crippen molar-refractivity contribution in [2.24, 2.45) is 0 Å². The zero-order valence-electron chi connectivity index (χ0n) is 16.6. The molecule has 0 saturated heterocycles. The summed E-state index contributed by atoms with van der Waals surface area (Å²) in [5, 5.41) is 2.74. The molecule has 5 nitrogen and oxygen atoms in total. The van der Waals surface area contributed by atoms with Crippen molar-refractivity contribution in [2.45, 2.75) is 13.8 Å². The van der Waals surface area contributed by atoms with Crippen LogP contribution in [0.3, 0.4) is 0 Å². The summed E-state index contributed by atoms with van der Waals surface area (Å²) in [6.45, 7) is 3.49. The summed E-state index contributed by atoms with van der Waals surface area (Å²) >= 11 is 0. The van der Waals surface area contributed by atoms with Gasteiger partial charge in [-0.2, -0.15) is 0 Å². The maximum Gasteiger partial charge on any atom is 0.375 e.